The molecule has 0 rings (SSSR count). The van der Waals surface area contributed by atoms with E-state index in [0.29, 0.717) is 19.6 Å². The lowest BCUT2D eigenvalue weighted by atomic mass is 10.0. The van der Waals surface area contributed by atoms with Gasteiger partial charge >= 0.3 is 5.97 Å². The average Bonchev–Trinajstić information content (AvgIpc) is 2.94. The molecule has 4 nitrogen and oxygen atoms in total. The molecule has 0 aromatic heterocycles. The van der Waals surface area contributed by atoms with Gasteiger partial charge in [0.05, 0.1) is 6.61 Å². The van der Waals surface area contributed by atoms with Crippen LogP contribution in [0.1, 0.15) is 174 Å². The van der Waals surface area contributed by atoms with Gasteiger partial charge in [0.25, 0.3) is 0 Å². The van der Waals surface area contributed by atoms with E-state index in [4.69, 9.17) is 9.84 Å². The minimum atomic E-state index is -0.0374. The van der Waals surface area contributed by atoms with Crippen molar-refractivity contribution in [2.24, 2.45) is 0 Å². The molecule has 0 unspecified atom stereocenters. The van der Waals surface area contributed by atoms with Crippen molar-refractivity contribution in [2.45, 2.75) is 174 Å². The first-order valence-electron chi connectivity index (χ1n) is 17.2. The maximum atomic E-state index is 11.8. The van der Waals surface area contributed by atoms with E-state index in [2.05, 4.69) is 30.6 Å². The maximum absolute atomic E-state index is 11.8. The summed E-state index contributed by atoms with van der Waals surface area (Å²) >= 11 is 0. The molecule has 0 saturated heterocycles. The van der Waals surface area contributed by atoms with Gasteiger partial charge in [0.1, 0.15) is 0 Å². The van der Waals surface area contributed by atoms with Crippen molar-refractivity contribution in [1.82, 2.24) is 4.90 Å². The minimum Gasteiger partial charge on any atom is -0.466 e. The number of hydrogen-bond donors (Lipinski definition) is 1. The molecule has 0 aromatic rings. The number of carbonyl (C=O) groups is 1. The smallest absolute Gasteiger partial charge is 0.305 e. The molecule has 0 aliphatic heterocycles. The molecular formula is C35H67NO3. The Morgan fingerprint density at radius 2 is 1.00 bits per heavy atom. The Bertz CT molecular complexity index is 554. The largest absolute Gasteiger partial charge is 0.466 e. The highest BCUT2D eigenvalue weighted by Gasteiger charge is 2.05. The molecule has 230 valence electrons. The van der Waals surface area contributed by atoms with Crippen LogP contribution < -0.4 is 0 Å². The molecule has 0 amide bonds. The predicted octanol–water partition coefficient (Wildman–Crippen LogP) is 9.62. The summed E-state index contributed by atoms with van der Waals surface area (Å²) in [5.74, 6) is 6.30. The van der Waals surface area contributed by atoms with Gasteiger partial charge in [0.15, 0.2) is 0 Å². The van der Waals surface area contributed by atoms with E-state index in [1.807, 2.05) is 0 Å². The first kappa shape index (κ1) is 38.0. The second-order valence-electron chi connectivity index (χ2n) is 11.5. The number of nitrogens with zero attached hydrogens (tertiary/aromatic N) is 1. The van der Waals surface area contributed by atoms with Gasteiger partial charge in [0, 0.05) is 25.9 Å². The van der Waals surface area contributed by atoms with Crippen molar-refractivity contribution in [3.8, 4) is 11.8 Å². The molecule has 0 fully saturated rings. The van der Waals surface area contributed by atoms with Crippen LogP contribution >= 0.6 is 0 Å². The molecule has 0 saturated carbocycles. The quantitative estimate of drug-likeness (QED) is 0.0550. The number of hydrogen-bond acceptors (Lipinski definition) is 4. The summed E-state index contributed by atoms with van der Waals surface area (Å²) in [5.41, 5.74) is 0. The first-order valence-corrected chi connectivity index (χ1v) is 17.2. The zero-order valence-corrected chi connectivity index (χ0v) is 26.4. The molecular weight excluding hydrogens is 482 g/mol. The zero-order chi connectivity index (χ0) is 28.5. The fourth-order valence-corrected chi connectivity index (χ4v) is 4.95. The second kappa shape index (κ2) is 33.2. The van der Waals surface area contributed by atoms with Crippen LogP contribution in [0.2, 0.25) is 0 Å². The van der Waals surface area contributed by atoms with Crippen molar-refractivity contribution >= 4 is 5.97 Å². The molecule has 0 spiro atoms. The Morgan fingerprint density at radius 3 is 1.51 bits per heavy atom. The van der Waals surface area contributed by atoms with Crippen LogP contribution in [0.25, 0.3) is 0 Å². The van der Waals surface area contributed by atoms with Gasteiger partial charge < -0.3 is 14.7 Å². The van der Waals surface area contributed by atoms with Gasteiger partial charge in [0.2, 0.25) is 0 Å². The van der Waals surface area contributed by atoms with E-state index in [0.717, 1.165) is 51.5 Å². The number of esters is 1. The highest BCUT2D eigenvalue weighted by Crippen LogP contribution is 2.13. The first-order chi connectivity index (χ1) is 19.2. The average molecular weight is 550 g/mol. The van der Waals surface area contributed by atoms with Crippen LogP contribution in [0.4, 0.5) is 0 Å². The van der Waals surface area contributed by atoms with Gasteiger partial charge in [-0.3, -0.25) is 4.79 Å². The molecule has 0 aromatic carbocycles. The summed E-state index contributed by atoms with van der Waals surface area (Å²) in [6.07, 6.45) is 30.0. The third kappa shape index (κ3) is 31.3. The van der Waals surface area contributed by atoms with Gasteiger partial charge in [-0.2, -0.15) is 0 Å². The van der Waals surface area contributed by atoms with Crippen LogP contribution in [0, 0.1) is 11.8 Å². The van der Waals surface area contributed by atoms with Gasteiger partial charge in [-0.15, -0.1) is 11.8 Å². The lowest BCUT2D eigenvalue weighted by Crippen LogP contribution is -2.27. The summed E-state index contributed by atoms with van der Waals surface area (Å²) in [4.78, 5) is 14.5. The molecule has 4 heteroatoms. The van der Waals surface area contributed by atoms with E-state index < -0.39 is 0 Å². The van der Waals surface area contributed by atoms with Crippen molar-refractivity contribution in [2.75, 3.05) is 32.8 Å². The Labute approximate surface area is 244 Å². The third-order valence-electron chi connectivity index (χ3n) is 7.56. The minimum absolute atomic E-state index is 0.0374. The van der Waals surface area contributed by atoms with Gasteiger partial charge in [-0.05, 0) is 64.6 Å². The summed E-state index contributed by atoms with van der Waals surface area (Å²) in [6, 6.07) is 0. The van der Waals surface area contributed by atoms with Crippen molar-refractivity contribution in [3.63, 3.8) is 0 Å². The number of rotatable bonds is 30. The highest BCUT2D eigenvalue weighted by molar-refractivity contribution is 5.69. The Balaban J connectivity index is 3.51. The molecule has 0 aliphatic rings. The highest BCUT2D eigenvalue weighted by atomic mass is 16.5. The van der Waals surface area contributed by atoms with Crippen molar-refractivity contribution < 1.29 is 14.6 Å². The van der Waals surface area contributed by atoms with Crippen LogP contribution in [-0.4, -0.2) is 48.8 Å². The van der Waals surface area contributed by atoms with E-state index in [1.165, 1.54) is 122 Å². The number of aliphatic hydroxyl groups excluding tert-OH is 1. The standard InChI is InChI=1S/C35H67NO3/c1-3-5-7-9-18-22-28-34-39-35(38)29-23-19-16-14-12-11-13-15-17-21-25-31-36(32-26-27-33-37)30-24-20-10-8-6-4-2/h37H,3-8,10-17,19-34H2,1-2H3. The molecule has 0 heterocycles. The third-order valence-corrected chi connectivity index (χ3v) is 7.56. The van der Waals surface area contributed by atoms with Crippen LogP contribution in [0.5, 0.6) is 0 Å². The fraction of sp³-hybridized carbons (Fsp3) is 0.914. The van der Waals surface area contributed by atoms with Crippen molar-refractivity contribution in [3.05, 3.63) is 0 Å². The number of unbranched alkanes of at least 4 members (excludes halogenated alkanes) is 19. The van der Waals surface area contributed by atoms with Crippen LogP contribution in [0.15, 0.2) is 0 Å². The Kier molecular flexibility index (Phi) is 32.3. The molecule has 1 N–H and O–H groups in total. The molecule has 0 aliphatic carbocycles. The lowest BCUT2D eigenvalue weighted by molar-refractivity contribution is -0.143. The maximum Gasteiger partial charge on any atom is 0.305 e. The van der Waals surface area contributed by atoms with Crippen LogP contribution in [0.3, 0.4) is 0 Å². The van der Waals surface area contributed by atoms with E-state index >= 15 is 0 Å². The van der Waals surface area contributed by atoms with Gasteiger partial charge in [-0.1, -0.05) is 110 Å². The zero-order valence-electron chi connectivity index (χ0n) is 26.4. The monoisotopic (exact) mass is 550 g/mol. The SMILES string of the molecule is CCCCC#CCCCOC(=O)CCCCCCCCCCCCCN(CCCCO)CCCCCCCC. The predicted molar refractivity (Wildman–Crippen MR) is 169 cm³/mol. The lowest BCUT2D eigenvalue weighted by Gasteiger charge is -2.22. The second-order valence-corrected chi connectivity index (χ2v) is 11.5. The van der Waals surface area contributed by atoms with Crippen LogP contribution in [-0.2, 0) is 9.53 Å². The topological polar surface area (TPSA) is 49.8 Å². The fourth-order valence-electron chi connectivity index (χ4n) is 4.95. The summed E-state index contributed by atoms with van der Waals surface area (Å²) < 4.78 is 5.32. The van der Waals surface area contributed by atoms with E-state index in [9.17, 15) is 4.79 Å². The number of carbonyl (C=O) groups excluding carboxylic acids is 1. The summed E-state index contributed by atoms with van der Waals surface area (Å²) in [5, 5.41) is 9.11. The Hall–Kier alpha value is -1.05. The number of ether oxygens (including phenoxy) is 1. The summed E-state index contributed by atoms with van der Waals surface area (Å²) in [6.45, 7) is 8.95. The van der Waals surface area contributed by atoms with E-state index in [-0.39, 0.29) is 5.97 Å². The normalized spacial score (nSPS) is 11.1. The molecule has 0 bridgehead atoms. The van der Waals surface area contributed by atoms with Gasteiger partial charge in [-0.25, -0.2) is 0 Å². The van der Waals surface area contributed by atoms with E-state index in [1.54, 1.807) is 0 Å². The molecule has 0 atom stereocenters. The Morgan fingerprint density at radius 1 is 0.564 bits per heavy atom. The van der Waals surface area contributed by atoms with Crippen molar-refractivity contribution in [1.29, 1.82) is 0 Å². The number of aliphatic hydroxyl groups is 1. The summed E-state index contributed by atoms with van der Waals surface area (Å²) in [7, 11) is 0. The molecule has 0 radical (unpaired) electrons. The molecule has 39 heavy (non-hydrogen) atoms.